The first-order valence-electron chi connectivity index (χ1n) is 10.4. The monoisotopic (exact) mass is 467 g/mol. The Hall–Kier alpha value is -3.30. The zero-order valence-corrected chi connectivity index (χ0v) is 18.2. The van der Waals surface area contributed by atoms with E-state index in [9.17, 15) is 27.2 Å². The number of carbonyl (C=O) groups excluding carboxylic acids is 2. The molecule has 0 radical (unpaired) electrons. The Bertz CT molecular complexity index is 1010. The number of rotatable bonds is 9. The van der Waals surface area contributed by atoms with E-state index < -0.39 is 24.4 Å². The Labute approximate surface area is 188 Å². The fourth-order valence-corrected chi connectivity index (χ4v) is 3.39. The number of benzene rings is 2. The molecule has 1 atom stereocenters. The predicted molar refractivity (Wildman–Crippen MR) is 115 cm³/mol. The summed E-state index contributed by atoms with van der Waals surface area (Å²) in [5.41, 5.74) is 0.954. The van der Waals surface area contributed by atoms with Gasteiger partial charge in [0.2, 0.25) is 5.91 Å². The highest BCUT2D eigenvalue weighted by Gasteiger charge is 2.33. The molecule has 0 bridgehead atoms. The fourth-order valence-electron chi connectivity index (χ4n) is 3.39. The molecule has 2 aromatic rings. The summed E-state index contributed by atoms with van der Waals surface area (Å²) in [5.74, 6) is -1.15. The minimum atomic E-state index is -4.58. The van der Waals surface area contributed by atoms with Crippen LogP contribution in [0.5, 0.6) is 5.75 Å². The summed E-state index contributed by atoms with van der Waals surface area (Å²) in [4.78, 5) is 24.6. The van der Waals surface area contributed by atoms with Crippen molar-refractivity contribution in [3.63, 3.8) is 0 Å². The number of methoxy groups -OCH3 is 1. The Morgan fingerprint density at radius 3 is 2.39 bits per heavy atom. The van der Waals surface area contributed by atoms with Crippen LogP contribution in [0.3, 0.4) is 0 Å². The second-order valence-electron chi connectivity index (χ2n) is 7.94. The summed E-state index contributed by atoms with van der Waals surface area (Å²) >= 11 is 0. The van der Waals surface area contributed by atoms with Crippen LogP contribution in [0.1, 0.15) is 40.4 Å². The highest BCUT2D eigenvalue weighted by atomic mass is 19.4. The molecule has 0 aliphatic heterocycles. The smallest absolute Gasteiger partial charge is 0.405 e. The summed E-state index contributed by atoms with van der Waals surface area (Å²) in [6.45, 7) is -0.287. The molecule has 3 N–H and O–H groups in total. The van der Waals surface area contributed by atoms with E-state index in [0.717, 1.165) is 24.5 Å². The van der Waals surface area contributed by atoms with Crippen LogP contribution in [-0.4, -0.2) is 38.2 Å². The Morgan fingerprint density at radius 1 is 1.15 bits per heavy atom. The Morgan fingerprint density at radius 2 is 1.82 bits per heavy atom. The quantitative estimate of drug-likeness (QED) is 0.485. The van der Waals surface area contributed by atoms with E-state index in [4.69, 9.17) is 4.74 Å². The molecule has 2 amide bonds. The van der Waals surface area contributed by atoms with E-state index in [2.05, 4.69) is 10.6 Å². The molecule has 0 heterocycles. The summed E-state index contributed by atoms with van der Waals surface area (Å²) in [5, 5.41) is 7.46. The molecule has 1 unspecified atom stereocenters. The van der Waals surface area contributed by atoms with Crippen LogP contribution in [0.4, 0.5) is 23.2 Å². The number of amides is 2. The maximum absolute atomic E-state index is 14.3. The van der Waals surface area contributed by atoms with Gasteiger partial charge in [0.1, 0.15) is 18.1 Å². The van der Waals surface area contributed by atoms with Crippen molar-refractivity contribution in [2.24, 2.45) is 5.92 Å². The molecule has 33 heavy (non-hydrogen) atoms. The van der Waals surface area contributed by atoms with Gasteiger partial charge in [-0.05, 0) is 55.5 Å². The minimum absolute atomic E-state index is 0.143. The second kappa shape index (κ2) is 10.1. The zero-order chi connectivity index (χ0) is 24.2. The molecule has 6 nitrogen and oxygen atoms in total. The van der Waals surface area contributed by atoms with Gasteiger partial charge in [0.15, 0.2) is 0 Å². The second-order valence-corrected chi connectivity index (χ2v) is 7.94. The molecule has 0 saturated heterocycles. The van der Waals surface area contributed by atoms with Gasteiger partial charge in [0.25, 0.3) is 5.91 Å². The predicted octanol–water partition coefficient (Wildman–Crippen LogP) is 4.11. The number of nitrogens with one attached hydrogen (secondary N) is 3. The van der Waals surface area contributed by atoms with Gasteiger partial charge < -0.3 is 20.7 Å². The van der Waals surface area contributed by atoms with Crippen molar-refractivity contribution in [3.8, 4) is 5.75 Å². The molecule has 1 aliphatic carbocycles. The number of ether oxygens (including phenoxy) is 1. The highest BCUT2D eigenvalue weighted by molar-refractivity contribution is 5.95. The normalized spacial score (nSPS) is 14.4. The highest BCUT2D eigenvalue weighted by Crippen LogP contribution is 2.41. The van der Waals surface area contributed by atoms with Gasteiger partial charge in [-0.25, -0.2) is 4.39 Å². The maximum Gasteiger partial charge on any atom is 0.405 e. The van der Waals surface area contributed by atoms with Crippen molar-refractivity contribution in [2.45, 2.75) is 32.0 Å². The first-order chi connectivity index (χ1) is 15.6. The summed E-state index contributed by atoms with van der Waals surface area (Å²) in [6.07, 6.45) is -2.60. The average Bonchev–Trinajstić information content (AvgIpc) is 3.61. The molecule has 0 aromatic heterocycles. The molecule has 3 rings (SSSR count). The van der Waals surface area contributed by atoms with Crippen LogP contribution >= 0.6 is 0 Å². The molecule has 1 fully saturated rings. The first-order valence-corrected chi connectivity index (χ1v) is 10.4. The van der Waals surface area contributed by atoms with Crippen LogP contribution in [-0.2, 0) is 4.79 Å². The molecule has 1 saturated carbocycles. The third-order valence-corrected chi connectivity index (χ3v) is 5.38. The number of anilines is 1. The lowest BCUT2D eigenvalue weighted by molar-refractivity contribution is -0.123. The Balaban J connectivity index is 1.64. The number of alkyl halides is 3. The van der Waals surface area contributed by atoms with Gasteiger partial charge in [-0.2, -0.15) is 13.2 Å². The summed E-state index contributed by atoms with van der Waals surface area (Å²) < 4.78 is 56.4. The van der Waals surface area contributed by atoms with Crippen LogP contribution in [0.15, 0.2) is 36.4 Å². The van der Waals surface area contributed by atoms with Crippen molar-refractivity contribution >= 4 is 17.5 Å². The molecular formula is C23H25F4N3O3. The van der Waals surface area contributed by atoms with Gasteiger partial charge in [-0.15, -0.1) is 0 Å². The maximum atomic E-state index is 14.3. The lowest BCUT2D eigenvalue weighted by Gasteiger charge is -2.20. The molecule has 10 heteroatoms. The fraction of sp³-hybridized carbons (Fsp3) is 0.391. The molecular weight excluding hydrogens is 442 g/mol. The van der Waals surface area contributed by atoms with E-state index in [0.29, 0.717) is 11.7 Å². The molecule has 0 spiro atoms. The van der Waals surface area contributed by atoms with Crippen molar-refractivity contribution in [2.75, 3.05) is 25.5 Å². The van der Waals surface area contributed by atoms with E-state index >= 15 is 0 Å². The summed E-state index contributed by atoms with van der Waals surface area (Å²) in [7, 11) is 1.57. The van der Waals surface area contributed by atoms with Crippen LogP contribution in [0, 0.1) is 18.7 Å². The van der Waals surface area contributed by atoms with Gasteiger partial charge in [0, 0.05) is 16.8 Å². The van der Waals surface area contributed by atoms with Gasteiger partial charge in [0.05, 0.1) is 19.7 Å². The molecule has 178 valence electrons. The van der Waals surface area contributed by atoms with E-state index in [-0.39, 0.29) is 35.3 Å². The number of hydrogen-bond donors (Lipinski definition) is 3. The molecule has 2 aromatic carbocycles. The number of hydrogen-bond acceptors (Lipinski definition) is 4. The lowest BCUT2D eigenvalue weighted by Crippen LogP contribution is -2.35. The minimum Gasteiger partial charge on any atom is -0.497 e. The van der Waals surface area contributed by atoms with Gasteiger partial charge in [-0.1, -0.05) is 12.1 Å². The van der Waals surface area contributed by atoms with Gasteiger partial charge >= 0.3 is 6.18 Å². The standard InChI is InChI=1S/C23H25F4N3O3/c1-13-18(24)9-16(22(32)29-12-23(25,26)27)10-19(13)28-11-20(31)30-21(14-3-4-14)15-5-7-17(33-2)8-6-15/h5-10,14,21,28H,3-4,11-12H2,1-2H3,(H,29,32)(H,30,31). The van der Waals surface area contributed by atoms with Crippen LogP contribution in [0.25, 0.3) is 0 Å². The third-order valence-electron chi connectivity index (χ3n) is 5.38. The van der Waals surface area contributed by atoms with E-state index in [1.165, 1.54) is 13.0 Å². The van der Waals surface area contributed by atoms with Crippen molar-refractivity contribution < 1.29 is 31.9 Å². The van der Waals surface area contributed by atoms with Crippen LogP contribution < -0.4 is 20.7 Å². The van der Waals surface area contributed by atoms with Crippen molar-refractivity contribution in [1.82, 2.24) is 10.6 Å². The topological polar surface area (TPSA) is 79.5 Å². The van der Waals surface area contributed by atoms with Crippen molar-refractivity contribution in [1.29, 1.82) is 0 Å². The summed E-state index contributed by atoms with van der Waals surface area (Å²) in [6, 6.07) is 9.31. The zero-order valence-electron chi connectivity index (χ0n) is 18.2. The average molecular weight is 467 g/mol. The van der Waals surface area contributed by atoms with Crippen LogP contribution in [0.2, 0.25) is 0 Å². The SMILES string of the molecule is COc1ccc(C(NC(=O)CNc2cc(C(=O)NCC(F)(F)F)cc(F)c2C)C2CC2)cc1. The molecule has 1 aliphatic rings. The van der Waals surface area contributed by atoms with Gasteiger partial charge in [-0.3, -0.25) is 9.59 Å². The van der Waals surface area contributed by atoms with Crippen molar-refractivity contribution in [3.05, 3.63) is 58.9 Å². The number of carbonyl (C=O) groups is 2. The number of halogens is 4. The first kappa shape index (κ1) is 24.3. The van der Waals surface area contributed by atoms with E-state index in [1.54, 1.807) is 12.4 Å². The third kappa shape index (κ3) is 6.84. The lowest BCUT2D eigenvalue weighted by atomic mass is 10.0. The van der Waals surface area contributed by atoms with E-state index in [1.807, 2.05) is 24.3 Å². The largest absolute Gasteiger partial charge is 0.497 e. The Kier molecular flexibility index (Phi) is 7.45.